The number of hydrogen-bond acceptors (Lipinski definition) is 4. The average molecular weight is 446 g/mol. The van der Waals surface area contributed by atoms with Crippen LogP contribution in [0.3, 0.4) is 0 Å². The Morgan fingerprint density at radius 2 is 1.45 bits per heavy atom. The average Bonchev–Trinajstić information content (AvgIpc) is 2.81. The molecule has 1 N–H and O–H groups in total. The third kappa shape index (κ3) is 6.69. The highest BCUT2D eigenvalue weighted by molar-refractivity contribution is 5.94. The van der Waals surface area contributed by atoms with Crippen molar-refractivity contribution < 1.29 is 19.1 Å². The van der Waals surface area contributed by atoms with Gasteiger partial charge in [0, 0.05) is 5.92 Å². The van der Waals surface area contributed by atoms with E-state index in [0.29, 0.717) is 11.4 Å². The molecule has 33 heavy (non-hydrogen) atoms. The van der Waals surface area contributed by atoms with E-state index in [1.165, 1.54) is 0 Å². The molecule has 172 valence electrons. The molecule has 3 aromatic rings. The molecule has 5 heteroatoms. The van der Waals surface area contributed by atoms with E-state index < -0.39 is 11.9 Å². The number of amides is 1. The van der Waals surface area contributed by atoms with Crippen LogP contribution in [0.2, 0.25) is 0 Å². The Hall–Kier alpha value is -3.60. The first-order valence-electron chi connectivity index (χ1n) is 11.0. The molecule has 1 amide bonds. The van der Waals surface area contributed by atoms with Crippen LogP contribution >= 0.6 is 0 Å². The van der Waals surface area contributed by atoms with Crippen LogP contribution in [-0.2, 0) is 19.7 Å². The van der Waals surface area contributed by atoms with Crippen molar-refractivity contribution in [2.24, 2.45) is 0 Å². The third-order valence-corrected chi connectivity index (χ3v) is 5.48. The van der Waals surface area contributed by atoms with Gasteiger partial charge in [0.1, 0.15) is 5.75 Å². The molecule has 3 rings (SSSR count). The molecule has 0 saturated carbocycles. The SMILES string of the molecule is COc1ccc(C(C)(C)C)cc1NC(=O)COC(=O)CC(c1ccccc1)c1ccccc1. The summed E-state index contributed by atoms with van der Waals surface area (Å²) in [5.41, 5.74) is 3.58. The van der Waals surface area contributed by atoms with Crippen LogP contribution in [-0.4, -0.2) is 25.6 Å². The number of methoxy groups -OCH3 is 1. The van der Waals surface area contributed by atoms with Crippen molar-refractivity contribution in [3.8, 4) is 5.75 Å². The standard InChI is InChI=1S/C28H31NO4/c1-28(2,3)22-15-16-25(32-4)24(17-22)29-26(30)19-33-27(31)18-23(20-11-7-5-8-12-20)21-13-9-6-10-14-21/h5-17,23H,18-19H2,1-4H3,(H,29,30). The number of carbonyl (C=O) groups is 2. The van der Waals surface area contributed by atoms with Crippen molar-refractivity contribution in [1.29, 1.82) is 0 Å². The van der Waals surface area contributed by atoms with Gasteiger partial charge >= 0.3 is 5.97 Å². The van der Waals surface area contributed by atoms with E-state index in [4.69, 9.17) is 9.47 Å². The van der Waals surface area contributed by atoms with Gasteiger partial charge in [-0.3, -0.25) is 9.59 Å². The van der Waals surface area contributed by atoms with Crippen molar-refractivity contribution in [1.82, 2.24) is 0 Å². The van der Waals surface area contributed by atoms with E-state index in [9.17, 15) is 9.59 Å². The lowest BCUT2D eigenvalue weighted by atomic mass is 9.87. The first kappa shape index (κ1) is 24.1. The Bertz CT molecular complexity index is 1030. The van der Waals surface area contributed by atoms with Gasteiger partial charge in [0.2, 0.25) is 0 Å². The summed E-state index contributed by atoms with van der Waals surface area (Å²) in [6, 6.07) is 25.3. The number of carbonyl (C=O) groups excluding carboxylic acids is 2. The molecule has 0 spiro atoms. The fourth-order valence-electron chi connectivity index (χ4n) is 3.63. The Morgan fingerprint density at radius 3 is 1.97 bits per heavy atom. The molecular formula is C28H31NO4. The molecule has 0 aliphatic heterocycles. The molecule has 0 saturated heterocycles. The molecule has 0 atom stereocenters. The molecule has 0 radical (unpaired) electrons. The van der Waals surface area contributed by atoms with E-state index in [1.807, 2.05) is 78.9 Å². The monoisotopic (exact) mass is 445 g/mol. The molecule has 0 aromatic heterocycles. The predicted octanol–water partition coefficient (Wildman–Crippen LogP) is 5.70. The van der Waals surface area contributed by atoms with Gasteiger partial charge in [0.05, 0.1) is 19.2 Å². The summed E-state index contributed by atoms with van der Waals surface area (Å²) in [6.07, 6.45) is 0.143. The lowest BCUT2D eigenvalue weighted by Gasteiger charge is -2.21. The highest BCUT2D eigenvalue weighted by Crippen LogP contribution is 2.31. The molecule has 0 heterocycles. The quantitative estimate of drug-likeness (QED) is 0.452. The number of nitrogens with one attached hydrogen (secondary N) is 1. The van der Waals surface area contributed by atoms with Gasteiger partial charge in [-0.25, -0.2) is 0 Å². The van der Waals surface area contributed by atoms with E-state index in [1.54, 1.807) is 7.11 Å². The number of hydrogen-bond donors (Lipinski definition) is 1. The maximum Gasteiger partial charge on any atom is 0.307 e. The minimum atomic E-state index is -0.432. The number of benzene rings is 3. The second-order valence-corrected chi connectivity index (χ2v) is 8.95. The summed E-state index contributed by atoms with van der Waals surface area (Å²) >= 11 is 0. The van der Waals surface area contributed by atoms with Crippen LogP contribution in [0.15, 0.2) is 78.9 Å². The zero-order chi connectivity index (χ0) is 23.8. The Balaban J connectivity index is 1.65. The Labute approximate surface area is 195 Å². The summed E-state index contributed by atoms with van der Waals surface area (Å²) < 4.78 is 10.7. The van der Waals surface area contributed by atoms with Crippen LogP contribution < -0.4 is 10.1 Å². The third-order valence-electron chi connectivity index (χ3n) is 5.48. The van der Waals surface area contributed by atoms with Crippen molar-refractivity contribution >= 4 is 17.6 Å². The lowest BCUT2D eigenvalue weighted by Crippen LogP contribution is -2.22. The van der Waals surface area contributed by atoms with Gasteiger partial charge in [-0.15, -0.1) is 0 Å². The molecule has 0 bridgehead atoms. The molecule has 3 aromatic carbocycles. The summed E-state index contributed by atoms with van der Waals surface area (Å²) in [7, 11) is 1.55. The number of esters is 1. The minimum absolute atomic E-state index is 0.0812. The van der Waals surface area contributed by atoms with Crippen LogP contribution in [0.4, 0.5) is 5.69 Å². The fourth-order valence-corrected chi connectivity index (χ4v) is 3.63. The van der Waals surface area contributed by atoms with Crippen LogP contribution in [0, 0.1) is 0 Å². The highest BCUT2D eigenvalue weighted by atomic mass is 16.5. The van der Waals surface area contributed by atoms with Crippen molar-refractivity contribution in [2.75, 3.05) is 19.0 Å². The summed E-state index contributed by atoms with van der Waals surface area (Å²) in [4.78, 5) is 25.2. The van der Waals surface area contributed by atoms with Crippen molar-refractivity contribution in [3.63, 3.8) is 0 Å². The normalized spacial score (nSPS) is 11.2. The number of anilines is 1. The van der Waals surface area contributed by atoms with Gasteiger partial charge in [0.15, 0.2) is 6.61 Å². The lowest BCUT2D eigenvalue weighted by molar-refractivity contribution is -0.147. The highest BCUT2D eigenvalue weighted by Gasteiger charge is 2.21. The number of rotatable bonds is 8. The maximum atomic E-state index is 12.6. The molecule has 0 aliphatic rings. The molecule has 0 fully saturated rings. The largest absolute Gasteiger partial charge is 0.495 e. The molecule has 0 aliphatic carbocycles. The zero-order valence-electron chi connectivity index (χ0n) is 19.6. The topological polar surface area (TPSA) is 64.6 Å². The van der Waals surface area contributed by atoms with Crippen molar-refractivity contribution in [2.45, 2.75) is 38.5 Å². The van der Waals surface area contributed by atoms with Crippen LogP contribution in [0.1, 0.15) is 49.8 Å². The Morgan fingerprint density at radius 1 is 0.879 bits per heavy atom. The first-order chi connectivity index (χ1) is 15.8. The summed E-state index contributed by atoms with van der Waals surface area (Å²) in [5.74, 6) is -0.440. The smallest absolute Gasteiger partial charge is 0.307 e. The fraction of sp³-hybridized carbons (Fsp3) is 0.286. The predicted molar refractivity (Wildman–Crippen MR) is 131 cm³/mol. The molecule has 0 unspecified atom stereocenters. The summed E-state index contributed by atoms with van der Waals surface area (Å²) in [5, 5.41) is 2.80. The molecule has 5 nitrogen and oxygen atoms in total. The van der Waals surface area contributed by atoms with E-state index in [-0.39, 0.29) is 24.4 Å². The molecular weight excluding hydrogens is 414 g/mol. The van der Waals surface area contributed by atoms with Gasteiger partial charge in [-0.2, -0.15) is 0 Å². The minimum Gasteiger partial charge on any atom is -0.495 e. The zero-order valence-corrected chi connectivity index (χ0v) is 19.6. The maximum absolute atomic E-state index is 12.6. The number of ether oxygens (including phenoxy) is 2. The van der Waals surface area contributed by atoms with E-state index in [0.717, 1.165) is 16.7 Å². The van der Waals surface area contributed by atoms with Gasteiger partial charge in [-0.1, -0.05) is 87.5 Å². The van der Waals surface area contributed by atoms with Gasteiger partial charge < -0.3 is 14.8 Å². The Kier molecular flexibility index (Phi) is 7.88. The van der Waals surface area contributed by atoms with Gasteiger partial charge in [0.25, 0.3) is 5.91 Å². The van der Waals surface area contributed by atoms with Crippen LogP contribution in [0.5, 0.6) is 5.75 Å². The van der Waals surface area contributed by atoms with E-state index in [2.05, 4.69) is 26.1 Å². The van der Waals surface area contributed by atoms with Gasteiger partial charge in [-0.05, 0) is 34.2 Å². The van der Waals surface area contributed by atoms with E-state index >= 15 is 0 Å². The van der Waals surface area contributed by atoms with Crippen LogP contribution in [0.25, 0.3) is 0 Å². The first-order valence-corrected chi connectivity index (χ1v) is 11.0. The second kappa shape index (κ2) is 10.8. The second-order valence-electron chi connectivity index (χ2n) is 8.95. The summed E-state index contributed by atoms with van der Waals surface area (Å²) in [6.45, 7) is 5.92. The van der Waals surface area contributed by atoms with Crippen molar-refractivity contribution in [3.05, 3.63) is 95.6 Å².